The second kappa shape index (κ2) is 7.48. The van der Waals surface area contributed by atoms with Gasteiger partial charge in [-0.05, 0) is 41.8 Å². The van der Waals surface area contributed by atoms with Crippen molar-refractivity contribution in [2.75, 3.05) is 5.32 Å². The Kier molecular flexibility index (Phi) is 5.64. The molecule has 0 atom stereocenters. The van der Waals surface area contributed by atoms with Gasteiger partial charge in [0.15, 0.2) is 5.78 Å². The van der Waals surface area contributed by atoms with Gasteiger partial charge >= 0.3 is 0 Å². The van der Waals surface area contributed by atoms with E-state index in [-0.39, 0.29) is 5.78 Å². The van der Waals surface area contributed by atoms with Gasteiger partial charge in [-0.3, -0.25) is 4.79 Å². The molecule has 0 bridgehead atoms. The van der Waals surface area contributed by atoms with Gasteiger partial charge in [-0.2, -0.15) is 0 Å². The molecule has 114 valence electrons. The van der Waals surface area contributed by atoms with Gasteiger partial charge in [-0.25, -0.2) is 0 Å². The second-order valence-corrected chi connectivity index (χ2v) is 6.09. The monoisotopic (exact) mass is 333 g/mol. The lowest BCUT2D eigenvalue weighted by Crippen LogP contribution is -1.97. The van der Waals surface area contributed by atoms with Crippen LogP contribution < -0.4 is 5.32 Å². The number of rotatable bonds is 5. The molecule has 2 aromatic carbocycles. The van der Waals surface area contributed by atoms with E-state index >= 15 is 0 Å². The van der Waals surface area contributed by atoms with Crippen LogP contribution in [0, 0.1) is 0 Å². The fourth-order valence-corrected chi connectivity index (χ4v) is 2.46. The highest BCUT2D eigenvalue weighted by Gasteiger charge is 2.07. The normalized spacial score (nSPS) is 11.1. The minimum Gasteiger partial charge on any atom is -0.362 e. The van der Waals surface area contributed by atoms with Gasteiger partial charge in [0.05, 0.1) is 5.02 Å². The van der Waals surface area contributed by atoms with E-state index in [4.69, 9.17) is 23.2 Å². The van der Waals surface area contributed by atoms with Crippen molar-refractivity contribution >= 4 is 34.7 Å². The summed E-state index contributed by atoms with van der Waals surface area (Å²) < 4.78 is 0. The number of carbonyl (C=O) groups excluding carboxylic acids is 1. The highest BCUT2D eigenvalue weighted by atomic mass is 35.5. The number of halogens is 2. The Morgan fingerprint density at radius 1 is 1.09 bits per heavy atom. The van der Waals surface area contributed by atoms with Crippen molar-refractivity contribution in [3.63, 3.8) is 0 Å². The first-order valence-electron chi connectivity index (χ1n) is 7.00. The van der Waals surface area contributed by atoms with E-state index in [1.54, 1.807) is 24.4 Å². The van der Waals surface area contributed by atoms with Crippen molar-refractivity contribution in [3.05, 3.63) is 75.9 Å². The second-order valence-electron chi connectivity index (χ2n) is 5.24. The summed E-state index contributed by atoms with van der Waals surface area (Å²) in [5.41, 5.74) is 2.63. The van der Waals surface area contributed by atoms with E-state index in [1.165, 1.54) is 11.6 Å². The van der Waals surface area contributed by atoms with E-state index in [2.05, 4.69) is 31.3 Å². The molecule has 0 saturated heterocycles. The molecule has 1 N–H and O–H groups in total. The molecule has 0 spiro atoms. The fourth-order valence-electron chi connectivity index (χ4n) is 1.96. The maximum Gasteiger partial charge on any atom is 0.188 e. The molecule has 4 heteroatoms. The Hall–Kier alpha value is -1.77. The molecule has 2 nitrogen and oxygen atoms in total. The van der Waals surface area contributed by atoms with Crippen LogP contribution in [0.15, 0.2) is 54.7 Å². The van der Waals surface area contributed by atoms with Crippen LogP contribution in [-0.4, -0.2) is 5.78 Å². The van der Waals surface area contributed by atoms with Gasteiger partial charge < -0.3 is 5.32 Å². The minimum atomic E-state index is -0.173. The molecule has 0 amide bonds. The fraction of sp³-hybridized carbons (Fsp3) is 0.167. The van der Waals surface area contributed by atoms with Gasteiger partial charge in [0.25, 0.3) is 0 Å². The average molecular weight is 334 g/mol. The molecular formula is C18H17Cl2NO. The van der Waals surface area contributed by atoms with Crippen LogP contribution in [0.2, 0.25) is 10.0 Å². The van der Waals surface area contributed by atoms with E-state index in [0.717, 1.165) is 5.69 Å². The molecule has 2 rings (SSSR count). The van der Waals surface area contributed by atoms with Crippen molar-refractivity contribution in [3.8, 4) is 0 Å². The van der Waals surface area contributed by atoms with Gasteiger partial charge in [0, 0.05) is 28.5 Å². The lowest BCUT2D eigenvalue weighted by Gasteiger charge is -2.06. The number of hydrogen-bond acceptors (Lipinski definition) is 2. The van der Waals surface area contributed by atoms with Crippen molar-refractivity contribution in [2.45, 2.75) is 19.8 Å². The van der Waals surface area contributed by atoms with Crippen LogP contribution in [0.5, 0.6) is 0 Å². The molecule has 0 fully saturated rings. The molecule has 2 aromatic rings. The van der Waals surface area contributed by atoms with Crippen LogP contribution in [0.25, 0.3) is 0 Å². The smallest absolute Gasteiger partial charge is 0.188 e. The van der Waals surface area contributed by atoms with Crippen LogP contribution in [0.3, 0.4) is 0 Å². The Labute approximate surface area is 140 Å². The number of nitrogens with one attached hydrogen (secondary N) is 1. The summed E-state index contributed by atoms with van der Waals surface area (Å²) in [4.78, 5) is 12.1. The molecule has 0 aromatic heterocycles. The number of allylic oxidation sites excluding steroid dienone is 1. The highest BCUT2D eigenvalue weighted by molar-refractivity contribution is 6.37. The zero-order chi connectivity index (χ0) is 16.1. The quantitative estimate of drug-likeness (QED) is 0.543. The third-order valence-electron chi connectivity index (χ3n) is 3.26. The topological polar surface area (TPSA) is 29.1 Å². The average Bonchev–Trinajstić information content (AvgIpc) is 2.47. The first-order valence-corrected chi connectivity index (χ1v) is 7.75. The molecule has 22 heavy (non-hydrogen) atoms. The maximum atomic E-state index is 12.1. The predicted octanol–water partition coefficient (Wildman–Crippen LogP) is 5.93. The van der Waals surface area contributed by atoms with E-state index in [9.17, 15) is 4.79 Å². The van der Waals surface area contributed by atoms with Crippen LogP contribution in [0.4, 0.5) is 5.69 Å². The maximum absolute atomic E-state index is 12.1. The Morgan fingerprint density at radius 2 is 1.77 bits per heavy atom. The standard InChI is InChI=1S/C18H17Cl2NO/c1-12(2)13-3-6-15(7-4-13)21-10-9-18(22)16-8-5-14(19)11-17(16)20/h3-12,21H,1-2H3/b10-9+. The number of ketones is 1. The highest BCUT2D eigenvalue weighted by Crippen LogP contribution is 2.22. The molecule has 0 aliphatic carbocycles. The number of carbonyl (C=O) groups is 1. The molecule has 0 saturated carbocycles. The molecule has 0 unspecified atom stereocenters. The van der Waals surface area contributed by atoms with E-state index in [1.807, 2.05) is 12.1 Å². The summed E-state index contributed by atoms with van der Waals surface area (Å²) in [6.07, 6.45) is 3.06. The predicted molar refractivity (Wildman–Crippen MR) is 94.1 cm³/mol. The number of benzene rings is 2. The molecule has 0 aliphatic rings. The number of hydrogen-bond donors (Lipinski definition) is 1. The van der Waals surface area contributed by atoms with Crippen LogP contribution in [0.1, 0.15) is 35.7 Å². The summed E-state index contributed by atoms with van der Waals surface area (Å²) in [5, 5.41) is 3.93. The van der Waals surface area contributed by atoms with E-state index < -0.39 is 0 Å². The SMILES string of the molecule is CC(C)c1ccc(N/C=C/C(=O)c2ccc(Cl)cc2Cl)cc1. The summed E-state index contributed by atoms with van der Waals surface area (Å²) in [7, 11) is 0. The lowest BCUT2D eigenvalue weighted by atomic mass is 10.0. The summed E-state index contributed by atoms with van der Waals surface area (Å²) in [5.74, 6) is 0.325. The minimum absolute atomic E-state index is 0.173. The Bertz CT molecular complexity index is 691. The molecular weight excluding hydrogens is 317 g/mol. The van der Waals surface area contributed by atoms with Crippen molar-refractivity contribution in [2.24, 2.45) is 0 Å². The molecule has 0 heterocycles. The summed E-state index contributed by atoms with van der Waals surface area (Å²) in [6, 6.07) is 12.9. The Balaban J connectivity index is 2.01. The zero-order valence-corrected chi connectivity index (χ0v) is 13.9. The zero-order valence-electron chi connectivity index (χ0n) is 12.4. The van der Waals surface area contributed by atoms with Crippen molar-refractivity contribution in [1.29, 1.82) is 0 Å². The first-order chi connectivity index (χ1) is 10.5. The third-order valence-corrected chi connectivity index (χ3v) is 3.81. The van der Waals surface area contributed by atoms with Crippen molar-refractivity contribution < 1.29 is 4.79 Å². The number of anilines is 1. The lowest BCUT2D eigenvalue weighted by molar-refractivity contribution is 0.104. The van der Waals surface area contributed by atoms with Gasteiger partial charge in [-0.15, -0.1) is 0 Å². The van der Waals surface area contributed by atoms with Crippen molar-refractivity contribution in [1.82, 2.24) is 0 Å². The summed E-state index contributed by atoms with van der Waals surface area (Å²) in [6.45, 7) is 4.30. The largest absolute Gasteiger partial charge is 0.362 e. The van der Waals surface area contributed by atoms with Gasteiger partial charge in [0.2, 0.25) is 0 Å². The van der Waals surface area contributed by atoms with Crippen LogP contribution >= 0.6 is 23.2 Å². The molecule has 0 radical (unpaired) electrons. The summed E-state index contributed by atoms with van der Waals surface area (Å²) >= 11 is 11.8. The third kappa shape index (κ3) is 4.36. The van der Waals surface area contributed by atoms with Crippen LogP contribution in [-0.2, 0) is 0 Å². The van der Waals surface area contributed by atoms with Gasteiger partial charge in [0.1, 0.15) is 0 Å². The first kappa shape index (κ1) is 16.6. The van der Waals surface area contributed by atoms with Gasteiger partial charge in [-0.1, -0.05) is 49.2 Å². The Morgan fingerprint density at radius 3 is 2.36 bits per heavy atom. The molecule has 0 aliphatic heterocycles. The van der Waals surface area contributed by atoms with E-state index in [0.29, 0.717) is 21.5 Å².